The van der Waals surface area contributed by atoms with Crippen LogP contribution in [0.3, 0.4) is 0 Å². The van der Waals surface area contributed by atoms with Gasteiger partial charge in [-0.2, -0.15) is 9.82 Å². The molecule has 0 bridgehead atoms. The summed E-state index contributed by atoms with van der Waals surface area (Å²) in [5, 5.41) is 15.3. The topological polar surface area (TPSA) is 120 Å². The van der Waals surface area contributed by atoms with Gasteiger partial charge in [0.1, 0.15) is 11.9 Å². The van der Waals surface area contributed by atoms with E-state index in [0.29, 0.717) is 41.4 Å². The van der Waals surface area contributed by atoms with Gasteiger partial charge in [-0.15, -0.1) is 0 Å². The molecule has 2 N–H and O–H groups in total. The SMILES string of the molecule is Cc1cn2nc([C@@H]3CCCCN3C(=O)C(NS(C)(=O)=O)c3ccccc3Cl)cc2nc1N1C[C@@H](C)[C@@H](O)C1. The second-order valence-corrected chi connectivity index (χ2v) is 12.6. The number of aliphatic hydroxyl groups is 1. The van der Waals surface area contributed by atoms with Crippen LogP contribution in [0.5, 0.6) is 0 Å². The highest BCUT2D eigenvalue weighted by atomic mass is 35.5. The molecule has 2 saturated heterocycles. The standard InChI is InChI=1S/C26H33ClN6O4S/c1-16-13-31(15-22(16)34)25-17(2)14-33-23(28-25)12-20(29-33)21-10-6-7-11-32(21)26(35)24(30-38(3,36)37)18-8-4-5-9-19(18)27/h4-5,8-9,12,14,16,21-22,24,30,34H,6-7,10-11,13,15H2,1-3H3/t16-,21+,22+,24?/m1/s1. The molecule has 4 atom stereocenters. The number of rotatable bonds is 6. The van der Waals surface area contributed by atoms with E-state index >= 15 is 0 Å². The molecule has 38 heavy (non-hydrogen) atoms. The van der Waals surface area contributed by atoms with Gasteiger partial charge in [-0.25, -0.2) is 17.9 Å². The van der Waals surface area contributed by atoms with Crippen molar-refractivity contribution in [2.24, 2.45) is 5.92 Å². The molecule has 1 amide bonds. The summed E-state index contributed by atoms with van der Waals surface area (Å²) in [5.41, 5.74) is 2.72. The third-order valence-electron chi connectivity index (χ3n) is 7.42. The van der Waals surface area contributed by atoms with Crippen molar-refractivity contribution in [3.05, 3.63) is 58.4 Å². The van der Waals surface area contributed by atoms with Crippen LogP contribution in [0, 0.1) is 12.8 Å². The Kier molecular flexibility index (Phi) is 7.38. The minimum Gasteiger partial charge on any atom is -0.391 e. The van der Waals surface area contributed by atoms with Crippen molar-refractivity contribution in [3.63, 3.8) is 0 Å². The van der Waals surface area contributed by atoms with Gasteiger partial charge in [0.25, 0.3) is 0 Å². The summed E-state index contributed by atoms with van der Waals surface area (Å²) < 4.78 is 28.7. The van der Waals surface area contributed by atoms with Gasteiger partial charge >= 0.3 is 0 Å². The fourth-order valence-corrected chi connectivity index (χ4v) is 6.36. The fraction of sp³-hybridized carbons (Fsp3) is 0.500. The third kappa shape index (κ3) is 5.38. The van der Waals surface area contributed by atoms with Crippen LogP contribution in [-0.4, -0.2) is 70.9 Å². The number of halogens is 1. The first kappa shape index (κ1) is 26.9. The van der Waals surface area contributed by atoms with Crippen LogP contribution in [0.1, 0.15) is 55.1 Å². The zero-order valence-electron chi connectivity index (χ0n) is 21.7. The quantitative estimate of drug-likeness (QED) is 0.475. The molecule has 0 aliphatic carbocycles. The largest absolute Gasteiger partial charge is 0.391 e. The van der Waals surface area contributed by atoms with E-state index in [1.54, 1.807) is 33.7 Å². The number of aromatic nitrogens is 3. The van der Waals surface area contributed by atoms with Crippen molar-refractivity contribution >= 4 is 39.0 Å². The number of aliphatic hydroxyl groups excluding tert-OH is 1. The number of hydrogen-bond acceptors (Lipinski definition) is 7. The average Bonchev–Trinajstić information content (AvgIpc) is 3.43. The van der Waals surface area contributed by atoms with Crippen molar-refractivity contribution in [2.75, 3.05) is 30.8 Å². The average molecular weight is 561 g/mol. The molecule has 2 aromatic heterocycles. The molecule has 3 aromatic rings. The molecule has 1 unspecified atom stereocenters. The molecule has 0 radical (unpaired) electrons. The van der Waals surface area contributed by atoms with Gasteiger partial charge in [-0.05, 0) is 37.8 Å². The third-order valence-corrected chi connectivity index (χ3v) is 8.43. The van der Waals surface area contributed by atoms with Gasteiger partial charge in [0.05, 0.1) is 24.1 Å². The van der Waals surface area contributed by atoms with Gasteiger partial charge in [0, 0.05) is 48.4 Å². The van der Waals surface area contributed by atoms with E-state index in [4.69, 9.17) is 21.7 Å². The summed E-state index contributed by atoms with van der Waals surface area (Å²) in [7, 11) is -3.71. The second-order valence-electron chi connectivity index (χ2n) is 10.5. The number of sulfonamides is 1. The van der Waals surface area contributed by atoms with Crippen molar-refractivity contribution in [3.8, 4) is 0 Å². The lowest BCUT2D eigenvalue weighted by Gasteiger charge is -2.37. The maximum absolute atomic E-state index is 13.9. The summed E-state index contributed by atoms with van der Waals surface area (Å²) in [6.45, 7) is 5.74. The molecule has 2 aliphatic heterocycles. The van der Waals surface area contributed by atoms with Gasteiger partial charge < -0.3 is 14.9 Å². The van der Waals surface area contributed by atoms with Crippen molar-refractivity contribution < 1.29 is 18.3 Å². The Morgan fingerprint density at radius 1 is 1.24 bits per heavy atom. The van der Waals surface area contributed by atoms with Crippen LogP contribution in [0.15, 0.2) is 36.5 Å². The molecule has 2 aliphatic rings. The van der Waals surface area contributed by atoms with Gasteiger partial charge in [0.15, 0.2) is 5.65 Å². The van der Waals surface area contributed by atoms with Crippen LogP contribution in [0.25, 0.3) is 5.65 Å². The number of aryl methyl sites for hydroxylation is 1. The van der Waals surface area contributed by atoms with Crippen LogP contribution in [-0.2, 0) is 14.8 Å². The maximum Gasteiger partial charge on any atom is 0.245 e. The number of likely N-dealkylation sites (tertiary alicyclic amines) is 1. The number of anilines is 1. The lowest BCUT2D eigenvalue weighted by molar-refractivity contribution is -0.137. The highest BCUT2D eigenvalue weighted by Crippen LogP contribution is 2.35. The fourth-order valence-electron chi connectivity index (χ4n) is 5.46. The first-order chi connectivity index (χ1) is 18.0. The van der Waals surface area contributed by atoms with Crippen LogP contribution in [0.2, 0.25) is 5.02 Å². The summed E-state index contributed by atoms with van der Waals surface area (Å²) in [6, 6.07) is 7.19. The van der Waals surface area contributed by atoms with Crippen LogP contribution in [0.4, 0.5) is 5.82 Å². The lowest BCUT2D eigenvalue weighted by Crippen LogP contribution is -2.46. The van der Waals surface area contributed by atoms with E-state index in [1.165, 1.54) is 0 Å². The molecule has 5 rings (SSSR count). The summed E-state index contributed by atoms with van der Waals surface area (Å²) >= 11 is 6.39. The predicted molar refractivity (Wildman–Crippen MR) is 146 cm³/mol. The summed E-state index contributed by atoms with van der Waals surface area (Å²) in [5.74, 6) is 0.622. The van der Waals surface area contributed by atoms with Crippen molar-refractivity contribution in [1.82, 2.24) is 24.2 Å². The van der Waals surface area contributed by atoms with Gasteiger partial charge in [-0.1, -0.05) is 36.7 Å². The normalized spacial score (nSPS) is 23.2. The minimum atomic E-state index is -3.71. The van der Waals surface area contributed by atoms with Crippen LogP contribution < -0.4 is 9.62 Å². The Labute approximate surface area is 227 Å². The number of carbonyl (C=O) groups is 1. The van der Waals surface area contributed by atoms with E-state index in [-0.39, 0.29) is 24.0 Å². The van der Waals surface area contributed by atoms with Crippen molar-refractivity contribution in [1.29, 1.82) is 0 Å². The number of amides is 1. The van der Waals surface area contributed by atoms with Crippen LogP contribution >= 0.6 is 11.6 Å². The zero-order valence-corrected chi connectivity index (χ0v) is 23.3. The molecular weight excluding hydrogens is 528 g/mol. The lowest BCUT2D eigenvalue weighted by atomic mass is 9.97. The predicted octanol–water partition coefficient (Wildman–Crippen LogP) is 2.85. The molecule has 4 heterocycles. The molecular formula is C26H33ClN6O4S. The number of carbonyl (C=O) groups excluding carboxylic acids is 1. The van der Waals surface area contributed by atoms with Gasteiger partial charge in [-0.3, -0.25) is 4.79 Å². The Bertz CT molecular complexity index is 1450. The monoisotopic (exact) mass is 560 g/mol. The van der Waals surface area contributed by atoms with Crippen molar-refractivity contribution in [2.45, 2.75) is 51.3 Å². The first-order valence-corrected chi connectivity index (χ1v) is 15.1. The highest BCUT2D eigenvalue weighted by Gasteiger charge is 2.37. The first-order valence-electron chi connectivity index (χ1n) is 12.8. The van der Waals surface area contributed by atoms with E-state index < -0.39 is 16.1 Å². The van der Waals surface area contributed by atoms with Gasteiger partial charge in [0.2, 0.25) is 15.9 Å². The van der Waals surface area contributed by atoms with E-state index in [0.717, 1.165) is 37.0 Å². The maximum atomic E-state index is 13.9. The summed E-state index contributed by atoms with van der Waals surface area (Å²) in [4.78, 5) is 22.6. The molecule has 12 heteroatoms. The number of nitrogens with one attached hydrogen (secondary N) is 1. The molecule has 2 fully saturated rings. The molecule has 204 valence electrons. The van der Waals surface area contributed by atoms with E-state index in [1.807, 2.05) is 26.1 Å². The zero-order chi connectivity index (χ0) is 27.2. The summed E-state index contributed by atoms with van der Waals surface area (Å²) in [6.07, 6.45) is 4.99. The number of β-amino-alcohol motifs (C(OH)–C–C–N with tert-alkyl or cyclic N) is 1. The molecule has 0 saturated carbocycles. The Balaban J connectivity index is 1.48. The number of nitrogens with zero attached hydrogens (tertiary/aromatic N) is 5. The highest BCUT2D eigenvalue weighted by molar-refractivity contribution is 7.88. The molecule has 1 aromatic carbocycles. The second kappa shape index (κ2) is 10.4. The number of hydrogen-bond donors (Lipinski definition) is 2. The number of fused-ring (bicyclic) bond motifs is 1. The number of benzene rings is 1. The molecule has 0 spiro atoms. The Morgan fingerprint density at radius 3 is 2.68 bits per heavy atom. The van der Waals surface area contributed by atoms with E-state index in [9.17, 15) is 18.3 Å². The van der Waals surface area contributed by atoms with E-state index in [2.05, 4.69) is 9.62 Å². The minimum absolute atomic E-state index is 0.168. The Hall–Kier alpha value is -2.73. The smallest absolute Gasteiger partial charge is 0.245 e. The number of piperidine rings is 1. The Morgan fingerprint density at radius 2 is 2.00 bits per heavy atom. The molecule has 10 nitrogen and oxygen atoms in total.